The quantitative estimate of drug-likeness (QED) is 0.659. The third-order valence-corrected chi connectivity index (χ3v) is 3.72. The summed E-state index contributed by atoms with van der Waals surface area (Å²) >= 11 is 9.23. The van der Waals surface area contributed by atoms with Crippen LogP contribution in [0.2, 0.25) is 5.15 Å². The molecule has 0 bridgehead atoms. The van der Waals surface area contributed by atoms with Gasteiger partial charge in [-0.15, -0.1) is 0 Å². The first kappa shape index (κ1) is 14.0. The Morgan fingerprint density at radius 3 is 2.62 bits per heavy atom. The molecule has 2 aromatic carbocycles. The molecule has 0 saturated heterocycles. The Hall–Kier alpha value is -1.91. The molecule has 3 nitrogen and oxygen atoms in total. The van der Waals surface area contributed by atoms with Crippen molar-refractivity contribution in [3.8, 4) is 0 Å². The number of hydrogen-bond donors (Lipinski definition) is 1. The van der Waals surface area contributed by atoms with Gasteiger partial charge in [0, 0.05) is 10.0 Å². The highest BCUT2D eigenvalue weighted by Crippen LogP contribution is 2.21. The first-order valence-electron chi connectivity index (χ1n) is 6.25. The van der Waals surface area contributed by atoms with Crippen molar-refractivity contribution < 1.29 is 4.79 Å². The minimum absolute atomic E-state index is 0.213. The standard InChI is InChI=1S/C16H10BrClN2O/c17-13-7-6-10-8-12(5-4-11(10)9-13)16(21)20-15-3-1-2-14(18)19-15/h1-9H,(H,19,20,21). The van der Waals surface area contributed by atoms with Gasteiger partial charge < -0.3 is 5.32 Å². The van der Waals surface area contributed by atoms with Crippen LogP contribution in [0.5, 0.6) is 0 Å². The van der Waals surface area contributed by atoms with Gasteiger partial charge in [-0.2, -0.15) is 0 Å². The second-order valence-corrected chi connectivity index (χ2v) is 5.81. The topological polar surface area (TPSA) is 42.0 Å². The van der Waals surface area contributed by atoms with E-state index in [1.807, 2.05) is 30.3 Å². The minimum Gasteiger partial charge on any atom is -0.307 e. The highest BCUT2D eigenvalue weighted by molar-refractivity contribution is 9.10. The molecular formula is C16H10BrClN2O. The fourth-order valence-corrected chi connectivity index (χ4v) is 2.57. The molecule has 0 aliphatic heterocycles. The van der Waals surface area contributed by atoms with Crippen molar-refractivity contribution in [2.45, 2.75) is 0 Å². The summed E-state index contributed by atoms with van der Waals surface area (Å²) < 4.78 is 1.01. The number of carbonyl (C=O) groups is 1. The van der Waals surface area contributed by atoms with Gasteiger partial charge in [-0.1, -0.05) is 45.7 Å². The van der Waals surface area contributed by atoms with Crippen molar-refractivity contribution >= 4 is 50.0 Å². The van der Waals surface area contributed by atoms with Gasteiger partial charge >= 0.3 is 0 Å². The molecule has 0 atom stereocenters. The third-order valence-electron chi connectivity index (χ3n) is 3.02. The predicted octanol–water partition coefficient (Wildman–Crippen LogP) is 4.90. The Balaban J connectivity index is 1.89. The normalized spacial score (nSPS) is 10.6. The number of benzene rings is 2. The predicted molar refractivity (Wildman–Crippen MR) is 88.8 cm³/mol. The van der Waals surface area contributed by atoms with Crippen LogP contribution in [0.25, 0.3) is 10.8 Å². The summed E-state index contributed by atoms with van der Waals surface area (Å²) in [5.74, 6) is 0.220. The molecular weight excluding hydrogens is 352 g/mol. The zero-order valence-electron chi connectivity index (χ0n) is 10.8. The molecule has 0 aliphatic carbocycles. The molecule has 0 radical (unpaired) electrons. The number of aromatic nitrogens is 1. The van der Waals surface area contributed by atoms with Crippen molar-refractivity contribution in [2.75, 3.05) is 5.32 Å². The van der Waals surface area contributed by atoms with E-state index in [1.165, 1.54) is 0 Å². The molecule has 0 fully saturated rings. The highest BCUT2D eigenvalue weighted by atomic mass is 79.9. The van der Waals surface area contributed by atoms with E-state index in [0.717, 1.165) is 15.2 Å². The first-order valence-corrected chi connectivity index (χ1v) is 7.42. The average Bonchev–Trinajstić information content (AvgIpc) is 2.46. The number of rotatable bonds is 2. The lowest BCUT2D eigenvalue weighted by atomic mass is 10.1. The maximum Gasteiger partial charge on any atom is 0.256 e. The van der Waals surface area contributed by atoms with Crippen LogP contribution < -0.4 is 5.32 Å². The van der Waals surface area contributed by atoms with Crippen LogP contribution in [-0.4, -0.2) is 10.9 Å². The molecule has 1 N–H and O–H groups in total. The van der Waals surface area contributed by atoms with Gasteiger partial charge in [-0.25, -0.2) is 4.98 Å². The van der Waals surface area contributed by atoms with E-state index in [9.17, 15) is 4.79 Å². The number of fused-ring (bicyclic) bond motifs is 1. The summed E-state index contributed by atoms with van der Waals surface area (Å²) in [5, 5.41) is 5.15. The van der Waals surface area contributed by atoms with E-state index < -0.39 is 0 Å². The van der Waals surface area contributed by atoms with E-state index in [4.69, 9.17) is 11.6 Å². The second kappa shape index (κ2) is 5.84. The minimum atomic E-state index is -0.213. The average molecular weight is 362 g/mol. The number of halogens is 2. The zero-order valence-corrected chi connectivity index (χ0v) is 13.1. The van der Waals surface area contributed by atoms with Crippen molar-refractivity contribution in [2.24, 2.45) is 0 Å². The lowest BCUT2D eigenvalue weighted by Gasteiger charge is -2.06. The Morgan fingerprint density at radius 1 is 1.05 bits per heavy atom. The molecule has 1 amide bonds. The number of hydrogen-bond acceptors (Lipinski definition) is 2. The fourth-order valence-electron chi connectivity index (χ4n) is 2.02. The molecule has 3 aromatic rings. The highest BCUT2D eigenvalue weighted by Gasteiger charge is 2.08. The van der Waals surface area contributed by atoms with Crippen molar-refractivity contribution in [3.05, 3.63) is 69.8 Å². The summed E-state index contributed by atoms with van der Waals surface area (Å²) in [5.41, 5.74) is 0.576. The monoisotopic (exact) mass is 360 g/mol. The summed E-state index contributed by atoms with van der Waals surface area (Å²) in [6, 6.07) is 16.6. The van der Waals surface area contributed by atoms with Gasteiger partial charge in [-0.05, 0) is 47.2 Å². The third kappa shape index (κ3) is 3.23. The maximum absolute atomic E-state index is 12.2. The van der Waals surface area contributed by atoms with Gasteiger partial charge in [0.05, 0.1) is 0 Å². The second-order valence-electron chi connectivity index (χ2n) is 4.51. The van der Waals surface area contributed by atoms with Crippen LogP contribution in [0.1, 0.15) is 10.4 Å². The molecule has 3 rings (SSSR count). The molecule has 0 saturated carbocycles. The van der Waals surface area contributed by atoms with E-state index in [2.05, 4.69) is 26.2 Å². The van der Waals surface area contributed by atoms with Gasteiger partial charge in [0.15, 0.2) is 0 Å². The maximum atomic E-state index is 12.2. The number of carbonyl (C=O) groups excluding carboxylic acids is 1. The van der Waals surface area contributed by atoms with E-state index in [1.54, 1.807) is 24.3 Å². The summed E-state index contributed by atoms with van der Waals surface area (Å²) in [7, 11) is 0. The van der Waals surface area contributed by atoms with Gasteiger partial charge in [0.2, 0.25) is 0 Å². The van der Waals surface area contributed by atoms with Crippen LogP contribution in [0.4, 0.5) is 5.82 Å². The van der Waals surface area contributed by atoms with Gasteiger partial charge in [-0.3, -0.25) is 4.79 Å². The van der Waals surface area contributed by atoms with Crippen molar-refractivity contribution in [3.63, 3.8) is 0 Å². The Morgan fingerprint density at radius 2 is 1.81 bits per heavy atom. The Kier molecular flexibility index (Phi) is 3.90. The molecule has 0 aliphatic rings. The number of nitrogens with zero attached hydrogens (tertiary/aromatic N) is 1. The lowest BCUT2D eigenvalue weighted by Crippen LogP contribution is -2.12. The molecule has 0 spiro atoms. The first-order chi connectivity index (χ1) is 10.1. The summed E-state index contributed by atoms with van der Waals surface area (Å²) in [4.78, 5) is 16.3. The largest absolute Gasteiger partial charge is 0.307 e. The van der Waals surface area contributed by atoms with E-state index in [0.29, 0.717) is 16.5 Å². The van der Waals surface area contributed by atoms with Crippen molar-refractivity contribution in [1.29, 1.82) is 0 Å². The van der Waals surface area contributed by atoms with E-state index in [-0.39, 0.29) is 5.91 Å². The molecule has 5 heteroatoms. The number of pyridine rings is 1. The summed E-state index contributed by atoms with van der Waals surface area (Å²) in [6.45, 7) is 0. The van der Waals surface area contributed by atoms with Gasteiger partial charge in [0.1, 0.15) is 11.0 Å². The lowest BCUT2D eigenvalue weighted by molar-refractivity contribution is 0.102. The smallest absolute Gasteiger partial charge is 0.256 e. The van der Waals surface area contributed by atoms with Crippen LogP contribution in [0.3, 0.4) is 0 Å². The van der Waals surface area contributed by atoms with Gasteiger partial charge in [0.25, 0.3) is 5.91 Å². The Bertz CT molecular complexity index is 835. The molecule has 21 heavy (non-hydrogen) atoms. The van der Waals surface area contributed by atoms with Crippen LogP contribution in [-0.2, 0) is 0 Å². The van der Waals surface area contributed by atoms with Crippen LogP contribution in [0.15, 0.2) is 59.1 Å². The molecule has 1 heterocycles. The molecule has 104 valence electrons. The van der Waals surface area contributed by atoms with Crippen molar-refractivity contribution in [1.82, 2.24) is 4.98 Å². The van der Waals surface area contributed by atoms with Crippen LogP contribution >= 0.6 is 27.5 Å². The number of anilines is 1. The fraction of sp³-hybridized carbons (Fsp3) is 0. The Labute approximate surface area is 135 Å². The van der Waals surface area contributed by atoms with E-state index >= 15 is 0 Å². The molecule has 1 aromatic heterocycles. The summed E-state index contributed by atoms with van der Waals surface area (Å²) in [6.07, 6.45) is 0. The number of nitrogens with one attached hydrogen (secondary N) is 1. The number of amides is 1. The zero-order chi connectivity index (χ0) is 14.8. The van der Waals surface area contributed by atoms with Crippen LogP contribution in [0, 0.1) is 0 Å². The molecule has 0 unspecified atom stereocenters. The SMILES string of the molecule is O=C(Nc1cccc(Cl)n1)c1ccc2cc(Br)ccc2c1.